The van der Waals surface area contributed by atoms with E-state index >= 15 is 0 Å². The minimum Gasteiger partial charge on any atom is -0.530 e. The lowest BCUT2D eigenvalue weighted by atomic mass is 9.86. The van der Waals surface area contributed by atoms with Crippen molar-refractivity contribution in [3.05, 3.63) is 83.4 Å². The maximum absolute atomic E-state index is 11.9. The number of carbonyl (C=O) groups excluding carboxylic acids is 2. The number of likely N-dealkylation sites (tertiary alicyclic amines) is 1. The molecule has 2 atom stereocenters. The predicted octanol–water partition coefficient (Wildman–Crippen LogP) is 3.34. The molecule has 0 aromatic heterocycles. The van der Waals surface area contributed by atoms with Crippen molar-refractivity contribution in [2.24, 2.45) is 0 Å². The van der Waals surface area contributed by atoms with Crippen molar-refractivity contribution in [1.82, 2.24) is 4.90 Å². The van der Waals surface area contributed by atoms with Crippen LogP contribution >= 0.6 is 0 Å². The number of hydrogen-bond donors (Lipinski definition) is 0. The molecule has 0 radical (unpaired) electrons. The van der Waals surface area contributed by atoms with E-state index in [0.29, 0.717) is 25.1 Å². The lowest BCUT2D eigenvalue weighted by Gasteiger charge is -2.40. The molecule has 6 nitrogen and oxygen atoms in total. The molecule has 0 saturated carbocycles. The number of esters is 1. The molecular formula is C25H24NO5-. The number of carbonyl (C=O) groups is 2. The number of carboxylic acid groups (broad SMARTS) is 1. The fraction of sp³-hybridized carbons (Fsp3) is 0.280. The van der Waals surface area contributed by atoms with Crippen LogP contribution in [0.15, 0.2) is 66.7 Å². The summed E-state index contributed by atoms with van der Waals surface area (Å²) in [6.07, 6.45) is -0.965. The highest BCUT2D eigenvalue weighted by molar-refractivity contribution is 5.89. The van der Waals surface area contributed by atoms with Gasteiger partial charge in [0.2, 0.25) is 0 Å². The summed E-state index contributed by atoms with van der Waals surface area (Å²) < 4.78 is 11.1. The fourth-order valence-corrected chi connectivity index (χ4v) is 4.18. The van der Waals surface area contributed by atoms with Gasteiger partial charge in [-0.05, 0) is 46.5 Å². The molecule has 1 aliphatic rings. The second kappa shape index (κ2) is 9.18. The largest absolute Gasteiger partial charge is 0.530 e. The van der Waals surface area contributed by atoms with E-state index in [9.17, 15) is 14.7 Å². The van der Waals surface area contributed by atoms with E-state index in [1.807, 2.05) is 30.3 Å². The predicted molar refractivity (Wildman–Crippen MR) is 115 cm³/mol. The van der Waals surface area contributed by atoms with Gasteiger partial charge in [0.25, 0.3) is 0 Å². The average molecular weight is 418 g/mol. The van der Waals surface area contributed by atoms with E-state index in [1.54, 1.807) is 12.1 Å². The molecule has 0 bridgehead atoms. The summed E-state index contributed by atoms with van der Waals surface area (Å²) in [7, 11) is 1.35. The molecule has 1 saturated heterocycles. The number of benzene rings is 3. The smallest absolute Gasteiger partial charge is 0.337 e. The highest BCUT2D eigenvalue weighted by atomic mass is 16.5. The molecule has 160 valence electrons. The molecule has 3 aromatic rings. The molecular weight excluding hydrogens is 394 g/mol. The molecule has 4 rings (SSSR count). The maximum Gasteiger partial charge on any atom is 0.337 e. The van der Waals surface area contributed by atoms with Crippen molar-refractivity contribution < 1.29 is 24.2 Å². The lowest BCUT2D eigenvalue weighted by molar-refractivity contribution is -0.268. The Morgan fingerprint density at radius 3 is 2.61 bits per heavy atom. The molecule has 1 heterocycles. The monoisotopic (exact) mass is 418 g/mol. The molecule has 31 heavy (non-hydrogen) atoms. The number of hydrogen-bond acceptors (Lipinski definition) is 5. The van der Waals surface area contributed by atoms with Gasteiger partial charge >= 0.3 is 5.97 Å². The van der Waals surface area contributed by atoms with Crippen molar-refractivity contribution in [2.75, 3.05) is 20.2 Å². The van der Waals surface area contributed by atoms with Gasteiger partial charge in [-0.25, -0.2) is 4.79 Å². The van der Waals surface area contributed by atoms with Crippen molar-refractivity contribution in [1.29, 1.82) is 0 Å². The SMILES string of the molecule is COC(=O)c1cccc(C2CCN(C(=O)[O-])CC2OCc2ccc3ccccc3c2)c1. The Morgan fingerprint density at radius 1 is 1.03 bits per heavy atom. The summed E-state index contributed by atoms with van der Waals surface area (Å²) in [4.78, 5) is 24.7. The zero-order chi connectivity index (χ0) is 21.8. The van der Waals surface area contributed by atoms with Crippen LogP contribution < -0.4 is 5.11 Å². The van der Waals surface area contributed by atoms with Gasteiger partial charge < -0.3 is 24.3 Å². The van der Waals surface area contributed by atoms with E-state index in [4.69, 9.17) is 9.47 Å². The van der Waals surface area contributed by atoms with Crippen LogP contribution in [0, 0.1) is 0 Å². The molecule has 6 heteroatoms. The first-order chi connectivity index (χ1) is 15.0. The van der Waals surface area contributed by atoms with E-state index in [2.05, 4.69) is 24.3 Å². The van der Waals surface area contributed by atoms with E-state index in [-0.39, 0.29) is 18.6 Å². The normalized spacial score (nSPS) is 18.7. The highest BCUT2D eigenvalue weighted by Crippen LogP contribution is 2.32. The van der Waals surface area contributed by atoms with Crippen molar-refractivity contribution in [2.45, 2.75) is 25.0 Å². The summed E-state index contributed by atoms with van der Waals surface area (Å²) in [5, 5.41) is 13.7. The zero-order valence-corrected chi connectivity index (χ0v) is 17.3. The first kappa shape index (κ1) is 20.9. The van der Waals surface area contributed by atoms with Crippen LogP contribution in [0.2, 0.25) is 0 Å². The van der Waals surface area contributed by atoms with E-state index < -0.39 is 12.1 Å². The van der Waals surface area contributed by atoms with Crippen LogP contribution in [0.4, 0.5) is 4.79 Å². The number of nitrogens with zero attached hydrogens (tertiary/aromatic N) is 1. The Bertz CT molecular complexity index is 1100. The van der Waals surface area contributed by atoms with Crippen molar-refractivity contribution >= 4 is 22.8 Å². The Balaban J connectivity index is 1.55. The molecule has 1 aliphatic heterocycles. The number of methoxy groups -OCH3 is 1. The Morgan fingerprint density at radius 2 is 1.84 bits per heavy atom. The van der Waals surface area contributed by atoms with Gasteiger partial charge in [-0.1, -0.05) is 48.5 Å². The zero-order valence-electron chi connectivity index (χ0n) is 17.3. The minimum absolute atomic E-state index is 0.0411. The Kier molecular flexibility index (Phi) is 6.18. The molecule has 3 aromatic carbocycles. The third-order valence-corrected chi connectivity index (χ3v) is 5.83. The van der Waals surface area contributed by atoms with E-state index in [0.717, 1.165) is 21.9 Å². The van der Waals surface area contributed by atoms with E-state index in [1.165, 1.54) is 12.0 Å². The van der Waals surface area contributed by atoms with Crippen molar-refractivity contribution in [3.8, 4) is 0 Å². The van der Waals surface area contributed by atoms with Gasteiger partial charge in [-0.3, -0.25) is 0 Å². The summed E-state index contributed by atoms with van der Waals surface area (Å²) in [6, 6.07) is 21.5. The number of piperidine rings is 1. The standard InChI is InChI=1S/C25H25NO5/c1-30-24(27)21-8-4-7-20(14-21)22-11-12-26(25(28)29)15-23(22)31-16-17-9-10-18-5-2-3-6-19(18)13-17/h2-10,13-14,22-23H,11-12,15-16H2,1H3,(H,28,29)/p-1. The maximum atomic E-state index is 11.9. The summed E-state index contributed by atoms with van der Waals surface area (Å²) in [6.45, 7) is 0.956. The van der Waals surface area contributed by atoms with Crippen LogP contribution in [-0.2, 0) is 16.1 Å². The molecule has 1 amide bonds. The average Bonchev–Trinajstić information content (AvgIpc) is 2.82. The molecule has 0 N–H and O–H groups in total. The number of rotatable bonds is 5. The highest BCUT2D eigenvalue weighted by Gasteiger charge is 2.31. The third-order valence-electron chi connectivity index (χ3n) is 5.83. The van der Waals surface area contributed by atoms with Gasteiger partial charge in [0, 0.05) is 19.0 Å². The topological polar surface area (TPSA) is 78.9 Å². The first-order valence-corrected chi connectivity index (χ1v) is 10.3. The number of fused-ring (bicyclic) bond motifs is 1. The summed E-state index contributed by atoms with van der Waals surface area (Å²) in [5.74, 6) is -0.441. The second-order valence-corrected chi connectivity index (χ2v) is 7.76. The first-order valence-electron chi connectivity index (χ1n) is 10.3. The molecule has 2 unspecified atom stereocenters. The molecule has 1 fully saturated rings. The Labute approximate surface area is 181 Å². The van der Waals surface area contributed by atoms with Crippen LogP contribution in [0.25, 0.3) is 10.8 Å². The van der Waals surface area contributed by atoms with Crippen molar-refractivity contribution in [3.63, 3.8) is 0 Å². The van der Waals surface area contributed by atoms with Gasteiger partial charge in [-0.2, -0.15) is 0 Å². The van der Waals surface area contributed by atoms with Crippen LogP contribution in [0.3, 0.4) is 0 Å². The summed E-state index contributed by atoms with van der Waals surface area (Å²) in [5.41, 5.74) is 2.42. The second-order valence-electron chi connectivity index (χ2n) is 7.76. The molecule has 0 spiro atoms. The van der Waals surface area contributed by atoms with Crippen LogP contribution in [-0.4, -0.2) is 43.3 Å². The molecule has 0 aliphatic carbocycles. The number of ether oxygens (including phenoxy) is 2. The third kappa shape index (κ3) is 4.70. The van der Waals surface area contributed by atoms with Gasteiger partial charge in [0.05, 0.1) is 25.4 Å². The van der Waals surface area contributed by atoms with Crippen LogP contribution in [0.1, 0.15) is 33.8 Å². The van der Waals surface area contributed by atoms with Gasteiger partial charge in [0.15, 0.2) is 0 Å². The van der Waals surface area contributed by atoms with Crippen LogP contribution in [0.5, 0.6) is 0 Å². The number of amides is 1. The fourth-order valence-electron chi connectivity index (χ4n) is 4.18. The Hall–Kier alpha value is -3.38. The van der Waals surface area contributed by atoms with Gasteiger partial charge in [0.1, 0.15) is 6.09 Å². The quantitative estimate of drug-likeness (QED) is 0.594. The summed E-state index contributed by atoms with van der Waals surface area (Å²) >= 11 is 0. The minimum atomic E-state index is -1.19. The lowest BCUT2D eigenvalue weighted by Crippen LogP contribution is -2.51. The van der Waals surface area contributed by atoms with Gasteiger partial charge in [-0.15, -0.1) is 0 Å².